The van der Waals surface area contributed by atoms with Crippen LogP contribution in [0.5, 0.6) is 0 Å². The second kappa shape index (κ2) is 5.74. The third kappa shape index (κ3) is 4.06. The molecule has 4 nitrogen and oxygen atoms in total. The first-order chi connectivity index (χ1) is 8.63. The number of carboxylic acids is 1. The number of hydrogen-bond donors (Lipinski definition) is 2. The Bertz CT molecular complexity index is 500. The quantitative estimate of drug-likeness (QED) is 0.889. The number of carbonyl (C=O) groups is 2. The van der Waals surface area contributed by atoms with Crippen molar-refractivity contribution in [3.8, 4) is 0 Å². The molecule has 0 aromatic heterocycles. The first kappa shape index (κ1) is 15.7. The molecule has 5 heteroatoms. The fraction of sp³-hybridized carbons (Fsp3) is 0.429. The van der Waals surface area contributed by atoms with Crippen LogP contribution in [0.25, 0.3) is 0 Å². The van der Waals surface area contributed by atoms with Crippen LogP contribution in [-0.2, 0) is 9.59 Å². The Morgan fingerprint density at radius 1 is 1.26 bits per heavy atom. The van der Waals surface area contributed by atoms with Gasteiger partial charge in [-0.1, -0.05) is 15.9 Å². The molecule has 1 aromatic rings. The van der Waals surface area contributed by atoms with E-state index in [1.165, 1.54) is 13.8 Å². The highest BCUT2D eigenvalue weighted by molar-refractivity contribution is 9.10. The van der Waals surface area contributed by atoms with Gasteiger partial charge in [-0.3, -0.25) is 9.59 Å². The maximum atomic E-state index is 11.9. The van der Waals surface area contributed by atoms with Crippen LogP contribution in [0.3, 0.4) is 0 Å². The predicted octanol–water partition coefficient (Wildman–Crippen LogP) is 3.51. The smallest absolute Gasteiger partial charge is 0.309 e. The summed E-state index contributed by atoms with van der Waals surface area (Å²) < 4.78 is 0.950. The van der Waals surface area contributed by atoms with E-state index in [9.17, 15) is 9.59 Å². The lowest BCUT2D eigenvalue weighted by Gasteiger charge is -2.19. The fourth-order valence-corrected chi connectivity index (χ4v) is 2.46. The van der Waals surface area contributed by atoms with Gasteiger partial charge in [0.1, 0.15) is 0 Å². The normalized spacial score (nSPS) is 11.2. The zero-order valence-corrected chi connectivity index (χ0v) is 13.1. The van der Waals surface area contributed by atoms with Gasteiger partial charge in [0, 0.05) is 16.6 Å². The standard InChI is InChI=1S/C14H18BrNO3/c1-8-5-10(15)6-9(2)12(8)16-11(17)7-14(3,4)13(18)19/h5-6H,7H2,1-4H3,(H,16,17)(H,18,19). The van der Waals surface area contributed by atoms with Crippen LogP contribution in [0.1, 0.15) is 31.4 Å². The summed E-state index contributed by atoms with van der Waals surface area (Å²) in [5.74, 6) is -1.27. The minimum absolute atomic E-state index is 0.0583. The van der Waals surface area contributed by atoms with Crippen molar-refractivity contribution in [2.45, 2.75) is 34.1 Å². The van der Waals surface area contributed by atoms with E-state index in [-0.39, 0.29) is 12.3 Å². The van der Waals surface area contributed by atoms with Crippen LogP contribution in [0.15, 0.2) is 16.6 Å². The van der Waals surface area contributed by atoms with Gasteiger partial charge in [0.25, 0.3) is 0 Å². The van der Waals surface area contributed by atoms with Gasteiger partial charge in [0.05, 0.1) is 5.41 Å². The maximum absolute atomic E-state index is 11.9. The third-order valence-electron chi connectivity index (χ3n) is 2.94. The van der Waals surface area contributed by atoms with Crippen molar-refractivity contribution in [3.63, 3.8) is 0 Å². The van der Waals surface area contributed by atoms with Gasteiger partial charge < -0.3 is 10.4 Å². The average molecular weight is 328 g/mol. The van der Waals surface area contributed by atoms with Crippen molar-refractivity contribution >= 4 is 33.5 Å². The number of amides is 1. The first-order valence-corrected chi connectivity index (χ1v) is 6.73. The molecule has 0 aliphatic rings. The second-order valence-corrected chi connectivity index (χ2v) is 6.24. The van der Waals surface area contributed by atoms with Gasteiger partial charge in [0.15, 0.2) is 0 Å². The molecule has 0 bridgehead atoms. The second-order valence-electron chi connectivity index (χ2n) is 5.33. The Morgan fingerprint density at radius 2 is 1.74 bits per heavy atom. The number of benzene rings is 1. The monoisotopic (exact) mass is 327 g/mol. The molecule has 0 fully saturated rings. The third-order valence-corrected chi connectivity index (χ3v) is 3.40. The van der Waals surface area contributed by atoms with E-state index in [0.29, 0.717) is 0 Å². The Kier molecular flexibility index (Phi) is 4.74. The number of carboxylic acid groups (broad SMARTS) is 1. The lowest BCUT2D eigenvalue weighted by Crippen LogP contribution is -2.29. The van der Waals surface area contributed by atoms with Gasteiger partial charge in [-0.05, 0) is 51.0 Å². The molecule has 0 heterocycles. The summed E-state index contributed by atoms with van der Waals surface area (Å²) in [6.07, 6.45) is -0.0583. The molecule has 0 aliphatic heterocycles. The molecule has 0 saturated heterocycles. The summed E-state index contributed by atoms with van der Waals surface area (Å²) >= 11 is 3.39. The summed E-state index contributed by atoms with van der Waals surface area (Å²) in [7, 11) is 0. The fourth-order valence-electron chi connectivity index (χ4n) is 1.77. The van der Waals surface area contributed by atoms with Crippen molar-refractivity contribution in [3.05, 3.63) is 27.7 Å². The Morgan fingerprint density at radius 3 is 2.16 bits per heavy atom. The van der Waals surface area contributed by atoms with E-state index in [1.807, 2.05) is 26.0 Å². The summed E-state index contributed by atoms with van der Waals surface area (Å²) in [6.45, 7) is 6.87. The number of rotatable bonds is 4. The van der Waals surface area contributed by atoms with Crippen molar-refractivity contribution < 1.29 is 14.7 Å². The number of halogens is 1. The Labute approximate surface area is 121 Å². The van der Waals surface area contributed by atoms with Crippen LogP contribution in [0.2, 0.25) is 0 Å². The Balaban J connectivity index is 2.87. The summed E-state index contributed by atoms with van der Waals surface area (Å²) in [5, 5.41) is 11.8. The minimum Gasteiger partial charge on any atom is -0.481 e. The van der Waals surface area contributed by atoms with Crippen LogP contribution in [0.4, 0.5) is 5.69 Å². The van der Waals surface area contributed by atoms with E-state index in [2.05, 4.69) is 21.2 Å². The molecule has 0 saturated carbocycles. The van der Waals surface area contributed by atoms with E-state index >= 15 is 0 Å². The first-order valence-electron chi connectivity index (χ1n) is 5.93. The van der Waals surface area contributed by atoms with E-state index < -0.39 is 11.4 Å². The van der Waals surface area contributed by atoms with E-state index in [0.717, 1.165) is 21.3 Å². The topological polar surface area (TPSA) is 66.4 Å². The molecular weight excluding hydrogens is 310 g/mol. The summed E-state index contributed by atoms with van der Waals surface area (Å²) in [4.78, 5) is 22.9. The average Bonchev–Trinajstić information content (AvgIpc) is 2.22. The number of carbonyl (C=O) groups excluding carboxylic acids is 1. The predicted molar refractivity (Wildman–Crippen MR) is 78.3 cm³/mol. The van der Waals surface area contributed by atoms with Gasteiger partial charge in [-0.15, -0.1) is 0 Å². The molecule has 0 spiro atoms. The highest BCUT2D eigenvalue weighted by Gasteiger charge is 2.30. The van der Waals surface area contributed by atoms with Crippen molar-refractivity contribution in [1.29, 1.82) is 0 Å². The molecule has 1 aromatic carbocycles. The van der Waals surface area contributed by atoms with Crippen LogP contribution < -0.4 is 5.32 Å². The van der Waals surface area contributed by atoms with Gasteiger partial charge in [-0.25, -0.2) is 0 Å². The number of aryl methyl sites for hydroxylation is 2. The highest BCUT2D eigenvalue weighted by atomic mass is 79.9. The molecule has 0 atom stereocenters. The van der Waals surface area contributed by atoms with E-state index in [4.69, 9.17) is 5.11 Å². The molecule has 0 unspecified atom stereocenters. The largest absolute Gasteiger partial charge is 0.481 e. The number of nitrogens with one attached hydrogen (secondary N) is 1. The lowest BCUT2D eigenvalue weighted by molar-refractivity contribution is -0.148. The molecule has 1 amide bonds. The van der Waals surface area contributed by atoms with Gasteiger partial charge in [-0.2, -0.15) is 0 Å². The number of aliphatic carboxylic acids is 1. The highest BCUT2D eigenvalue weighted by Crippen LogP contribution is 2.27. The van der Waals surface area contributed by atoms with Crippen molar-refractivity contribution in [1.82, 2.24) is 0 Å². The molecule has 19 heavy (non-hydrogen) atoms. The lowest BCUT2D eigenvalue weighted by atomic mass is 9.89. The van der Waals surface area contributed by atoms with Crippen molar-refractivity contribution in [2.75, 3.05) is 5.32 Å². The zero-order valence-electron chi connectivity index (χ0n) is 11.5. The SMILES string of the molecule is Cc1cc(Br)cc(C)c1NC(=O)CC(C)(C)C(=O)O. The summed E-state index contributed by atoms with van der Waals surface area (Å²) in [6, 6.07) is 3.82. The molecule has 1 rings (SSSR count). The Hall–Kier alpha value is -1.36. The van der Waals surface area contributed by atoms with Crippen molar-refractivity contribution in [2.24, 2.45) is 5.41 Å². The number of hydrogen-bond acceptors (Lipinski definition) is 2. The van der Waals surface area contributed by atoms with E-state index in [1.54, 1.807) is 0 Å². The summed E-state index contributed by atoms with van der Waals surface area (Å²) in [5.41, 5.74) is 1.55. The van der Waals surface area contributed by atoms with Crippen LogP contribution in [0, 0.1) is 19.3 Å². The molecular formula is C14H18BrNO3. The molecule has 0 radical (unpaired) electrons. The number of anilines is 1. The van der Waals surface area contributed by atoms with Crippen LogP contribution >= 0.6 is 15.9 Å². The van der Waals surface area contributed by atoms with Crippen LogP contribution in [-0.4, -0.2) is 17.0 Å². The molecule has 2 N–H and O–H groups in total. The molecule has 0 aliphatic carbocycles. The zero-order chi connectivity index (χ0) is 14.8. The van der Waals surface area contributed by atoms with Gasteiger partial charge in [0.2, 0.25) is 5.91 Å². The maximum Gasteiger partial charge on any atom is 0.309 e. The molecule has 104 valence electrons. The van der Waals surface area contributed by atoms with Gasteiger partial charge >= 0.3 is 5.97 Å². The minimum atomic E-state index is -1.07.